The summed E-state index contributed by atoms with van der Waals surface area (Å²) < 4.78 is 72.5. The second-order valence-electron chi connectivity index (χ2n) is 7.25. The van der Waals surface area contributed by atoms with Gasteiger partial charge in [0.05, 0.1) is 24.6 Å². The van der Waals surface area contributed by atoms with E-state index in [1.807, 2.05) is 0 Å². The first kappa shape index (κ1) is 23.7. The van der Waals surface area contributed by atoms with E-state index >= 15 is 0 Å². The van der Waals surface area contributed by atoms with Gasteiger partial charge in [-0.25, -0.2) is 8.78 Å². The predicted molar refractivity (Wildman–Crippen MR) is 115 cm³/mol. The largest absolute Gasteiger partial charge is 0.468 e. The number of nitrogens with one attached hydrogen (secondary N) is 3. The van der Waals surface area contributed by atoms with Crippen molar-refractivity contribution in [3.63, 3.8) is 0 Å². The van der Waals surface area contributed by atoms with Gasteiger partial charge in [-0.05, 0) is 42.5 Å². The van der Waals surface area contributed by atoms with Crippen LogP contribution in [0, 0.1) is 11.6 Å². The minimum absolute atomic E-state index is 0.000139. The first-order valence-electron chi connectivity index (χ1n) is 9.93. The number of halogens is 5. The molecule has 4 aromatic rings. The molecule has 0 saturated carbocycles. The van der Waals surface area contributed by atoms with Gasteiger partial charge in [0.1, 0.15) is 29.4 Å². The summed E-state index contributed by atoms with van der Waals surface area (Å²) in [7, 11) is 1.15. The summed E-state index contributed by atoms with van der Waals surface area (Å²) >= 11 is 0. The molecule has 0 fully saturated rings. The van der Waals surface area contributed by atoms with E-state index in [0.29, 0.717) is 17.8 Å². The summed E-state index contributed by atoms with van der Waals surface area (Å²) in [4.78, 5) is 27.3. The van der Waals surface area contributed by atoms with Gasteiger partial charge >= 0.3 is 12.1 Å². The number of imidazole rings is 1. The van der Waals surface area contributed by atoms with E-state index in [0.717, 1.165) is 25.3 Å². The number of methoxy groups -OCH3 is 1. The van der Waals surface area contributed by atoms with Crippen molar-refractivity contribution in [3.05, 3.63) is 71.4 Å². The lowest BCUT2D eigenvalue weighted by molar-refractivity contribution is -0.140. The molecule has 13 heteroatoms. The van der Waals surface area contributed by atoms with Gasteiger partial charge in [-0.3, -0.25) is 9.59 Å². The number of fused-ring (bicyclic) bond motifs is 1. The molecule has 1 amide bonds. The third kappa shape index (κ3) is 4.78. The number of rotatable bonds is 6. The van der Waals surface area contributed by atoms with Crippen LogP contribution >= 0.6 is 0 Å². The number of hydrogen-bond acceptors (Lipinski definition) is 5. The van der Waals surface area contributed by atoms with E-state index in [4.69, 9.17) is 0 Å². The Bertz CT molecular complexity index is 1410. The fraction of sp³-hybridized carbons (Fsp3) is 0.136. The highest BCUT2D eigenvalue weighted by molar-refractivity contribution is 6.08. The van der Waals surface area contributed by atoms with Crippen LogP contribution in [0.3, 0.4) is 0 Å². The number of ether oxygens (including phenoxy) is 1. The van der Waals surface area contributed by atoms with Crippen LogP contribution in [0.15, 0.2) is 48.7 Å². The number of amides is 1. The van der Waals surface area contributed by atoms with Gasteiger partial charge in [0.25, 0.3) is 5.91 Å². The van der Waals surface area contributed by atoms with Crippen molar-refractivity contribution >= 4 is 29.0 Å². The molecule has 35 heavy (non-hydrogen) atoms. The number of carbonyl (C=O) groups is 2. The number of carbonyl (C=O) groups excluding carboxylic acids is 2. The van der Waals surface area contributed by atoms with Gasteiger partial charge in [-0.1, -0.05) is 0 Å². The minimum Gasteiger partial charge on any atom is -0.468 e. The van der Waals surface area contributed by atoms with Gasteiger partial charge in [0, 0.05) is 11.3 Å². The Labute approximate surface area is 193 Å². The molecule has 0 radical (unpaired) electrons. The fourth-order valence-electron chi connectivity index (χ4n) is 3.32. The number of hydrogen-bond donors (Lipinski definition) is 3. The Balaban J connectivity index is 1.79. The Morgan fingerprint density at radius 1 is 1.11 bits per heavy atom. The number of aromatic amines is 1. The van der Waals surface area contributed by atoms with Gasteiger partial charge in [0.15, 0.2) is 5.82 Å². The van der Waals surface area contributed by atoms with E-state index in [1.165, 1.54) is 22.8 Å². The highest BCUT2D eigenvalue weighted by Crippen LogP contribution is 2.36. The van der Waals surface area contributed by atoms with E-state index in [1.54, 1.807) is 0 Å². The molecule has 0 atom stereocenters. The summed E-state index contributed by atoms with van der Waals surface area (Å²) in [6.07, 6.45) is -3.75. The van der Waals surface area contributed by atoms with E-state index in [9.17, 15) is 31.5 Å². The Hall–Kier alpha value is -4.42. The van der Waals surface area contributed by atoms with Crippen LogP contribution in [0.25, 0.3) is 16.9 Å². The summed E-state index contributed by atoms with van der Waals surface area (Å²) in [5.74, 6) is -3.24. The van der Waals surface area contributed by atoms with Crippen molar-refractivity contribution in [2.75, 3.05) is 24.3 Å². The molecule has 0 unspecified atom stereocenters. The van der Waals surface area contributed by atoms with Crippen LogP contribution in [0.1, 0.15) is 15.9 Å². The number of nitrogens with zero attached hydrogens (tertiary/aromatic N) is 2. The molecular formula is C22H16F5N5O3. The summed E-state index contributed by atoms with van der Waals surface area (Å²) in [6, 6.07) is 7.35. The molecule has 3 N–H and O–H groups in total. The van der Waals surface area contributed by atoms with Gasteiger partial charge in [0.2, 0.25) is 0 Å². The molecular weight excluding hydrogens is 477 g/mol. The lowest BCUT2D eigenvalue weighted by Gasteiger charge is -2.11. The molecule has 8 nitrogen and oxygen atoms in total. The third-order valence-electron chi connectivity index (χ3n) is 5.00. The summed E-state index contributed by atoms with van der Waals surface area (Å²) in [5.41, 5.74) is -1.19. The van der Waals surface area contributed by atoms with Crippen molar-refractivity contribution in [3.8, 4) is 11.3 Å². The molecule has 0 spiro atoms. The number of H-pyrrole nitrogens is 1. The van der Waals surface area contributed by atoms with Gasteiger partial charge < -0.3 is 20.4 Å². The van der Waals surface area contributed by atoms with Crippen molar-refractivity contribution < 1.29 is 36.3 Å². The zero-order valence-electron chi connectivity index (χ0n) is 17.8. The van der Waals surface area contributed by atoms with Crippen LogP contribution in [-0.4, -0.2) is 40.1 Å². The molecule has 2 heterocycles. The van der Waals surface area contributed by atoms with Crippen LogP contribution < -0.4 is 10.6 Å². The van der Waals surface area contributed by atoms with Crippen LogP contribution in [0.5, 0.6) is 0 Å². The second-order valence-corrected chi connectivity index (χ2v) is 7.25. The maximum atomic E-state index is 13.8. The Kier molecular flexibility index (Phi) is 6.16. The number of anilines is 2. The number of aromatic nitrogens is 3. The molecule has 4 rings (SSSR count). The monoisotopic (exact) mass is 493 g/mol. The average Bonchev–Trinajstić information content (AvgIpc) is 3.38. The molecule has 0 bridgehead atoms. The van der Waals surface area contributed by atoms with E-state index < -0.39 is 35.3 Å². The van der Waals surface area contributed by atoms with Gasteiger partial charge in [-0.15, -0.1) is 0 Å². The number of benzene rings is 2. The molecule has 2 aromatic carbocycles. The Morgan fingerprint density at radius 3 is 2.49 bits per heavy atom. The maximum absolute atomic E-state index is 13.8. The SMILES string of the molecule is COC(=O)CNc1c(-c2ccc(F)c(C(F)(F)F)c2)[nH]c2c(C(=O)Nc3ccc(F)cc3)cnn12. The molecule has 0 aliphatic heterocycles. The van der Waals surface area contributed by atoms with Crippen LogP contribution in [-0.2, 0) is 15.7 Å². The van der Waals surface area contributed by atoms with Gasteiger partial charge in [-0.2, -0.15) is 22.8 Å². The zero-order valence-corrected chi connectivity index (χ0v) is 17.8. The lowest BCUT2D eigenvalue weighted by atomic mass is 10.1. The summed E-state index contributed by atoms with van der Waals surface area (Å²) in [6.45, 7) is -0.374. The normalized spacial score (nSPS) is 11.5. The maximum Gasteiger partial charge on any atom is 0.419 e. The van der Waals surface area contributed by atoms with E-state index in [2.05, 4.69) is 25.5 Å². The van der Waals surface area contributed by atoms with Crippen molar-refractivity contribution in [2.24, 2.45) is 0 Å². The molecule has 0 aliphatic rings. The lowest BCUT2D eigenvalue weighted by Crippen LogP contribution is -2.16. The topological polar surface area (TPSA) is 101 Å². The highest BCUT2D eigenvalue weighted by Gasteiger charge is 2.35. The first-order valence-corrected chi connectivity index (χ1v) is 9.93. The Morgan fingerprint density at radius 2 is 1.83 bits per heavy atom. The molecule has 2 aromatic heterocycles. The zero-order chi connectivity index (χ0) is 25.3. The molecule has 0 aliphatic carbocycles. The standard InChI is InChI=1S/C22H16F5N5O3/c1-35-17(33)10-28-20-18(11-2-7-16(24)15(8-11)22(25,26)27)31-19-14(9-29-32(19)20)21(34)30-13-5-3-12(23)4-6-13/h2-9,28,31H,10H2,1H3,(H,30,34). The average molecular weight is 493 g/mol. The number of alkyl halides is 3. The first-order chi connectivity index (χ1) is 16.6. The summed E-state index contributed by atoms with van der Waals surface area (Å²) in [5, 5.41) is 9.36. The molecule has 182 valence electrons. The van der Waals surface area contributed by atoms with Crippen LogP contribution in [0.2, 0.25) is 0 Å². The van der Waals surface area contributed by atoms with E-state index in [-0.39, 0.29) is 34.8 Å². The fourth-order valence-corrected chi connectivity index (χ4v) is 3.32. The highest BCUT2D eigenvalue weighted by atomic mass is 19.4. The van der Waals surface area contributed by atoms with Crippen molar-refractivity contribution in [1.82, 2.24) is 14.6 Å². The predicted octanol–water partition coefficient (Wildman–Crippen LogP) is 4.46. The second kappa shape index (κ2) is 9.08. The number of esters is 1. The van der Waals surface area contributed by atoms with Crippen molar-refractivity contribution in [2.45, 2.75) is 6.18 Å². The third-order valence-corrected chi connectivity index (χ3v) is 5.00. The minimum atomic E-state index is -4.95. The van der Waals surface area contributed by atoms with Crippen molar-refractivity contribution in [1.29, 1.82) is 0 Å². The van der Waals surface area contributed by atoms with Crippen LogP contribution in [0.4, 0.5) is 33.5 Å². The molecule has 0 saturated heterocycles. The smallest absolute Gasteiger partial charge is 0.419 e. The quantitative estimate of drug-likeness (QED) is 0.272.